The first kappa shape index (κ1) is 14.9. The number of hydrogen-bond donors (Lipinski definition) is 2. The minimum Gasteiger partial charge on any atom is -0.481 e. The molecule has 0 radical (unpaired) electrons. The van der Waals surface area contributed by atoms with Gasteiger partial charge in [-0.3, -0.25) is 9.59 Å². The SMILES string of the molecule is CSc1ccc(CNC(=O)CC2(C(=O)O)CCC2)cc1. The summed E-state index contributed by atoms with van der Waals surface area (Å²) in [6.45, 7) is 0.448. The maximum atomic E-state index is 11.9. The molecular formula is C15H19NO3S. The topological polar surface area (TPSA) is 66.4 Å². The third-order valence-corrected chi connectivity index (χ3v) is 4.66. The minimum atomic E-state index is -0.844. The van der Waals surface area contributed by atoms with Crippen molar-refractivity contribution >= 4 is 23.6 Å². The van der Waals surface area contributed by atoms with Crippen LogP contribution in [-0.2, 0) is 16.1 Å². The zero-order valence-corrected chi connectivity index (χ0v) is 12.3. The van der Waals surface area contributed by atoms with E-state index in [9.17, 15) is 14.7 Å². The molecule has 1 saturated carbocycles. The van der Waals surface area contributed by atoms with Gasteiger partial charge in [0.15, 0.2) is 0 Å². The highest BCUT2D eigenvalue weighted by atomic mass is 32.2. The fourth-order valence-corrected chi connectivity index (χ4v) is 2.79. The molecule has 1 aliphatic rings. The second kappa shape index (κ2) is 6.31. The molecule has 1 aliphatic carbocycles. The van der Waals surface area contributed by atoms with Crippen molar-refractivity contribution in [3.8, 4) is 0 Å². The van der Waals surface area contributed by atoms with Crippen molar-refractivity contribution in [2.24, 2.45) is 5.41 Å². The van der Waals surface area contributed by atoms with Crippen LogP contribution in [0.2, 0.25) is 0 Å². The molecular weight excluding hydrogens is 274 g/mol. The Hall–Kier alpha value is -1.49. The Morgan fingerprint density at radius 3 is 2.40 bits per heavy atom. The largest absolute Gasteiger partial charge is 0.481 e. The van der Waals surface area contributed by atoms with Gasteiger partial charge in [-0.25, -0.2) is 0 Å². The van der Waals surface area contributed by atoms with Crippen molar-refractivity contribution < 1.29 is 14.7 Å². The summed E-state index contributed by atoms with van der Waals surface area (Å²) in [6.07, 6.45) is 4.22. The van der Waals surface area contributed by atoms with E-state index in [1.807, 2.05) is 30.5 Å². The molecule has 108 valence electrons. The molecule has 2 rings (SSSR count). The quantitative estimate of drug-likeness (QED) is 0.791. The van der Waals surface area contributed by atoms with E-state index in [0.717, 1.165) is 12.0 Å². The van der Waals surface area contributed by atoms with Gasteiger partial charge in [-0.05, 0) is 36.8 Å². The fourth-order valence-electron chi connectivity index (χ4n) is 2.38. The predicted molar refractivity (Wildman–Crippen MR) is 78.6 cm³/mol. The third-order valence-electron chi connectivity index (χ3n) is 3.91. The van der Waals surface area contributed by atoms with E-state index in [0.29, 0.717) is 19.4 Å². The van der Waals surface area contributed by atoms with Crippen molar-refractivity contribution in [3.63, 3.8) is 0 Å². The lowest BCUT2D eigenvalue weighted by molar-refractivity contribution is -0.157. The molecule has 0 aliphatic heterocycles. The first-order chi connectivity index (χ1) is 9.55. The number of carboxylic acid groups (broad SMARTS) is 1. The van der Waals surface area contributed by atoms with E-state index >= 15 is 0 Å². The average Bonchev–Trinajstić information content (AvgIpc) is 2.40. The molecule has 4 nitrogen and oxygen atoms in total. The van der Waals surface area contributed by atoms with Gasteiger partial charge >= 0.3 is 5.97 Å². The van der Waals surface area contributed by atoms with Gasteiger partial charge in [0.2, 0.25) is 5.91 Å². The highest BCUT2D eigenvalue weighted by molar-refractivity contribution is 7.98. The van der Waals surface area contributed by atoms with Crippen LogP contribution in [-0.4, -0.2) is 23.2 Å². The zero-order valence-electron chi connectivity index (χ0n) is 11.5. The minimum absolute atomic E-state index is 0.0885. The van der Waals surface area contributed by atoms with E-state index in [1.165, 1.54) is 4.90 Å². The standard InChI is InChI=1S/C15H19NO3S/c1-20-12-5-3-11(4-6-12)10-16-13(17)9-15(14(18)19)7-2-8-15/h3-6H,2,7-10H2,1H3,(H,16,17)(H,18,19). The highest BCUT2D eigenvalue weighted by Gasteiger charge is 2.45. The molecule has 0 unspecified atom stereocenters. The Morgan fingerprint density at radius 1 is 1.30 bits per heavy atom. The number of benzene rings is 1. The van der Waals surface area contributed by atoms with Gasteiger partial charge in [-0.1, -0.05) is 18.6 Å². The third kappa shape index (κ3) is 3.33. The van der Waals surface area contributed by atoms with Gasteiger partial charge in [0, 0.05) is 17.9 Å². The monoisotopic (exact) mass is 293 g/mol. The number of rotatable bonds is 6. The molecule has 1 amide bonds. The summed E-state index contributed by atoms with van der Waals surface area (Å²) in [5.74, 6) is -1.02. The number of carboxylic acids is 1. The molecule has 0 aromatic heterocycles. The molecule has 0 spiro atoms. The van der Waals surface area contributed by atoms with Gasteiger partial charge in [0.25, 0.3) is 0 Å². The van der Waals surface area contributed by atoms with E-state index in [1.54, 1.807) is 11.8 Å². The molecule has 0 saturated heterocycles. The van der Waals surface area contributed by atoms with Crippen LogP contribution in [0.4, 0.5) is 0 Å². The first-order valence-corrected chi connectivity index (χ1v) is 7.91. The number of carbonyl (C=O) groups is 2. The predicted octanol–water partition coefficient (Wildman–Crippen LogP) is 2.67. The Kier molecular flexibility index (Phi) is 4.70. The summed E-state index contributed by atoms with van der Waals surface area (Å²) in [7, 11) is 0. The second-order valence-electron chi connectivity index (χ2n) is 5.24. The molecule has 0 heterocycles. The maximum Gasteiger partial charge on any atom is 0.310 e. The molecule has 1 aromatic rings. The number of nitrogens with one attached hydrogen (secondary N) is 1. The summed E-state index contributed by atoms with van der Waals surface area (Å²) in [6, 6.07) is 7.97. The number of amides is 1. The molecule has 0 bridgehead atoms. The molecule has 5 heteroatoms. The van der Waals surface area contributed by atoms with E-state index in [-0.39, 0.29) is 12.3 Å². The van der Waals surface area contributed by atoms with E-state index in [2.05, 4.69) is 5.32 Å². The van der Waals surface area contributed by atoms with Crippen LogP contribution in [0.3, 0.4) is 0 Å². The summed E-state index contributed by atoms with van der Waals surface area (Å²) in [5.41, 5.74) is 0.210. The van der Waals surface area contributed by atoms with Crippen LogP contribution in [0.15, 0.2) is 29.2 Å². The van der Waals surface area contributed by atoms with Gasteiger partial charge < -0.3 is 10.4 Å². The Labute approximate surface area is 123 Å². The first-order valence-electron chi connectivity index (χ1n) is 6.69. The fraction of sp³-hybridized carbons (Fsp3) is 0.467. The zero-order chi connectivity index (χ0) is 14.6. The molecule has 1 aromatic carbocycles. The van der Waals surface area contributed by atoms with E-state index in [4.69, 9.17) is 0 Å². The maximum absolute atomic E-state index is 11.9. The van der Waals surface area contributed by atoms with E-state index < -0.39 is 11.4 Å². The van der Waals surface area contributed by atoms with Crippen molar-refractivity contribution in [2.75, 3.05) is 6.26 Å². The Balaban J connectivity index is 1.84. The summed E-state index contributed by atoms with van der Waals surface area (Å²) >= 11 is 1.67. The summed E-state index contributed by atoms with van der Waals surface area (Å²) < 4.78 is 0. The summed E-state index contributed by atoms with van der Waals surface area (Å²) in [5, 5.41) is 12.0. The number of carbonyl (C=O) groups excluding carboxylic acids is 1. The average molecular weight is 293 g/mol. The number of thioether (sulfide) groups is 1. The lowest BCUT2D eigenvalue weighted by atomic mass is 9.66. The van der Waals surface area contributed by atoms with Crippen molar-refractivity contribution in [1.29, 1.82) is 0 Å². The molecule has 2 N–H and O–H groups in total. The van der Waals surface area contributed by atoms with Crippen LogP contribution in [0.1, 0.15) is 31.2 Å². The second-order valence-corrected chi connectivity index (χ2v) is 6.12. The van der Waals surface area contributed by atoms with Gasteiger partial charge in [0.1, 0.15) is 0 Å². The highest BCUT2D eigenvalue weighted by Crippen LogP contribution is 2.44. The number of hydrogen-bond acceptors (Lipinski definition) is 3. The normalized spacial score (nSPS) is 16.2. The lowest BCUT2D eigenvalue weighted by Crippen LogP contribution is -2.42. The Bertz CT molecular complexity index is 494. The molecule has 1 fully saturated rings. The number of aliphatic carboxylic acids is 1. The Morgan fingerprint density at radius 2 is 1.95 bits per heavy atom. The molecule has 0 atom stereocenters. The van der Waals surface area contributed by atoms with Crippen LogP contribution in [0, 0.1) is 5.41 Å². The summed E-state index contributed by atoms with van der Waals surface area (Å²) in [4.78, 5) is 24.3. The smallest absolute Gasteiger partial charge is 0.310 e. The molecule has 20 heavy (non-hydrogen) atoms. The van der Waals surface area contributed by atoms with Crippen molar-refractivity contribution in [2.45, 2.75) is 37.1 Å². The van der Waals surface area contributed by atoms with Crippen LogP contribution in [0.25, 0.3) is 0 Å². The van der Waals surface area contributed by atoms with Gasteiger partial charge in [0.05, 0.1) is 5.41 Å². The lowest BCUT2D eigenvalue weighted by Gasteiger charge is -2.36. The van der Waals surface area contributed by atoms with Crippen LogP contribution < -0.4 is 5.32 Å². The van der Waals surface area contributed by atoms with Crippen LogP contribution in [0.5, 0.6) is 0 Å². The van der Waals surface area contributed by atoms with Gasteiger partial charge in [-0.15, -0.1) is 11.8 Å². The van der Waals surface area contributed by atoms with Crippen LogP contribution >= 0.6 is 11.8 Å². The van der Waals surface area contributed by atoms with Crippen molar-refractivity contribution in [1.82, 2.24) is 5.32 Å². The van der Waals surface area contributed by atoms with Gasteiger partial charge in [-0.2, -0.15) is 0 Å². The van der Waals surface area contributed by atoms with Crippen molar-refractivity contribution in [3.05, 3.63) is 29.8 Å².